The molecule has 0 aliphatic carbocycles. The molecule has 2 nitrogen and oxygen atoms in total. The molecule has 0 aromatic heterocycles. The Kier molecular flexibility index (Phi) is 16.3. The third kappa shape index (κ3) is 22.5. The summed E-state index contributed by atoms with van der Waals surface area (Å²) in [6.07, 6.45) is 3.58. The zero-order chi connectivity index (χ0) is 9.82. The van der Waals surface area contributed by atoms with Gasteiger partial charge in [0.1, 0.15) is 0 Å². The summed E-state index contributed by atoms with van der Waals surface area (Å²) in [5, 5.41) is 3.28. The lowest BCUT2D eigenvalue weighted by atomic mass is 10.3. The van der Waals surface area contributed by atoms with E-state index in [0.717, 1.165) is 6.42 Å². The van der Waals surface area contributed by atoms with E-state index < -0.39 is 0 Å². The first kappa shape index (κ1) is 14.4. The number of rotatable bonds is 5. The first-order chi connectivity index (χ1) is 5.68. The van der Waals surface area contributed by atoms with Gasteiger partial charge in [0.15, 0.2) is 0 Å². The van der Waals surface area contributed by atoms with Crippen molar-refractivity contribution >= 4 is 0 Å². The first-order valence-corrected chi connectivity index (χ1v) is 5.15. The second-order valence-electron chi connectivity index (χ2n) is 3.14. The molecule has 0 radical (unpaired) electrons. The van der Waals surface area contributed by atoms with Gasteiger partial charge in [-0.05, 0) is 39.3 Å². The fraction of sp³-hybridized carbons (Fsp3) is 1.00. The molecule has 0 rings (SSSR count). The van der Waals surface area contributed by atoms with Crippen LogP contribution in [0.15, 0.2) is 0 Å². The Morgan fingerprint density at radius 3 is 1.58 bits per heavy atom. The molecule has 1 atom stereocenters. The van der Waals surface area contributed by atoms with E-state index in [1.54, 1.807) is 0 Å². The van der Waals surface area contributed by atoms with Gasteiger partial charge in [0.25, 0.3) is 0 Å². The van der Waals surface area contributed by atoms with Crippen LogP contribution in [0.2, 0.25) is 0 Å². The van der Waals surface area contributed by atoms with Crippen LogP contribution in [0.4, 0.5) is 0 Å². The van der Waals surface area contributed by atoms with Crippen molar-refractivity contribution in [2.24, 2.45) is 5.73 Å². The number of hydrogen-bond donors (Lipinski definition) is 2. The van der Waals surface area contributed by atoms with Crippen LogP contribution in [-0.2, 0) is 0 Å². The van der Waals surface area contributed by atoms with E-state index in [9.17, 15) is 0 Å². The Balaban J connectivity index is 0. The number of nitrogens with one attached hydrogen (secondary N) is 1. The average Bonchev–Trinajstić information content (AvgIpc) is 2.07. The van der Waals surface area contributed by atoms with Gasteiger partial charge < -0.3 is 11.1 Å². The van der Waals surface area contributed by atoms with Gasteiger partial charge in [0, 0.05) is 6.04 Å². The largest absolute Gasteiger partial charge is 0.328 e. The predicted octanol–water partition coefficient (Wildman–Crippen LogP) is 2.14. The van der Waals surface area contributed by atoms with Gasteiger partial charge in [-0.25, -0.2) is 0 Å². The third-order valence-electron chi connectivity index (χ3n) is 1.50. The van der Waals surface area contributed by atoms with Gasteiger partial charge >= 0.3 is 0 Å². The first-order valence-electron chi connectivity index (χ1n) is 5.15. The van der Waals surface area contributed by atoms with Crippen molar-refractivity contribution in [2.45, 2.75) is 53.0 Å². The fourth-order valence-corrected chi connectivity index (χ4v) is 0.479. The number of hydrogen-bond acceptors (Lipinski definition) is 2. The summed E-state index contributed by atoms with van der Waals surface area (Å²) in [6.45, 7) is 10.8. The Labute approximate surface area is 77.9 Å². The van der Waals surface area contributed by atoms with E-state index in [0.29, 0.717) is 6.04 Å². The summed E-state index contributed by atoms with van der Waals surface area (Å²) in [4.78, 5) is 0. The van der Waals surface area contributed by atoms with Crippen LogP contribution in [0, 0.1) is 0 Å². The Morgan fingerprint density at radius 2 is 1.42 bits per heavy atom. The van der Waals surface area contributed by atoms with Crippen LogP contribution in [0.3, 0.4) is 0 Å². The molecule has 0 bridgehead atoms. The Hall–Kier alpha value is -0.0800. The lowest BCUT2D eigenvalue weighted by Gasteiger charge is -1.95. The molecule has 3 N–H and O–H groups in total. The minimum Gasteiger partial charge on any atom is -0.328 e. The van der Waals surface area contributed by atoms with Crippen LogP contribution in [-0.4, -0.2) is 19.1 Å². The quantitative estimate of drug-likeness (QED) is 0.627. The average molecular weight is 174 g/mol. The van der Waals surface area contributed by atoms with Crippen molar-refractivity contribution in [1.29, 1.82) is 0 Å². The van der Waals surface area contributed by atoms with Crippen molar-refractivity contribution in [1.82, 2.24) is 5.32 Å². The van der Waals surface area contributed by atoms with Crippen LogP contribution >= 0.6 is 0 Å². The molecule has 2 heteroatoms. The molecule has 0 aromatic carbocycles. The lowest BCUT2D eigenvalue weighted by Crippen LogP contribution is -2.14. The minimum absolute atomic E-state index is 0.384. The summed E-state index contributed by atoms with van der Waals surface area (Å²) in [5.74, 6) is 0. The van der Waals surface area contributed by atoms with Gasteiger partial charge in [0.2, 0.25) is 0 Å². The highest BCUT2D eigenvalue weighted by molar-refractivity contribution is 4.43. The molecule has 1 unspecified atom stereocenters. The molecule has 0 aliphatic rings. The normalized spacial score (nSPS) is 11.8. The highest BCUT2D eigenvalue weighted by Gasteiger charge is 1.79. The molecule has 0 saturated heterocycles. The van der Waals surface area contributed by atoms with Crippen molar-refractivity contribution in [3.63, 3.8) is 0 Å². The molecule has 0 aromatic rings. The monoisotopic (exact) mass is 174 g/mol. The SMILES string of the molecule is CCC(C)N.CCCNCCC. The van der Waals surface area contributed by atoms with Gasteiger partial charge in [-0.3, -0.25) is 0 Å². The smallest absolute Gasteiger partial charge is 0.000781 e. The molecular formula is C10H26N2. The molecule has 0 saturated carbocycles. The van der Waals surface area contributed by atoms with Crippen LogP contribution < -0.4 is 11.1 Å². The molecule has 0 fully saturated rings. The minimum atomic E-state index is 0.384. The van der Waals surface area contributed by atoms with Crippen LogP contribution in [0.25, 0.3) is 0 Å². The maximum absolute atomic E-state index is 5.29. The zero-order valence-corrected chi connectivity index (χ0v) is 9.19. The summed E-state index contributed by atoms with van der Waals surface area (Å²) < 4.78 is 0. The van der Waals surface area contributed by atoms with Gasteiger partial charge in [-0.2, -0.15) is 0 Å². The zero-order valence-electron chi connectivity index (χ0n) is 9.19. The predicted molar refractivity (Wildman–Crippen MR) is 57.4 cm³/mol. The summed E-state index contributed by atoms with van der Waals surface area (Å²) in [7, 11) is 0. The summed E-state index contributed by atoms with van der Waals surface area (Å²) >= 11 is 0. The lowest BCUT2D eigenvalue weighted by molar-refractivity contribution is 0.662. The van der Waals surface area contributed by atoms with Gasteiger partial charge in [-0.15, -0.1) is 0 Å². The number of nitrogens with two attached hydrogens (primary N) is 1. The Bertz CT molecular complexity index is 58.9. The van der Waals surface area contributed by atoms with E-state index in [2.05, 4.69) is 26.1 Å². The summed E-state index contributed by atoms with van der Waals surface area (Å²) in [5.41, 5.74) is 5.29. The maximum atomic E-state index is 5.29. The second kappa shape index (κ2) is 13.5. The third-order valence-corrected chi connectivity index (χ3v) is 1.50. The van der Waals surface area contributed by atoms with Crippen molar-refractivity contribution in [3.8, 4) is 0 Å². The highest BCUT2D eigenvalue weighted by atomic mass is 14.8. The van der Waals surface area contributed by atoms with E-state index in [1.807, 2.05) is 6.92 Å². The van der Waals surface area contributed by atoms with Crippen LogP contribution in [0.5, 0.6) is 0 Å². The molecule has 0 aliphatic heterocycles. The van der Waals surface area contributed by atoms with Gasteiger partial charge in [-0.1, -0.05) is 20.8 Å². The fourth-order valence-electron chi connectivity index (χ4n) is 0.479. The standard InChI is InChI=1S/C6H15N.C4H11N/c1-3-5-7-6-4-2;1-3-4(2)5/h7H,3-6H2,1-2H3;4H,3,5H2,1-2H3. The molecule has 12 heavy (non-hydrogen) atoms. The van der Waals surface area contributed by atoms with Crippen molar-refractivity contribution in [2.75, 3.05) is 13.1 Å². The molecule has 0 heterocycles. The molecule has 76 valence electrons. The molecule has 0 amide bonds. The van der Waals surface area contributed by atoms with Crippen molar-refractivity contribution in [3.05, 3.63) is 0 Å². The molecule has 0 spiro atoms. The van der Waals surface area contributed by atoms with Crippen LogP contribution in [0.1, 0.15) is 47.0 Å². The van der Waals surface area contributed by atoms with Crippen molar-refractivity contribution < 1.29 is 0 Å². The Morgan fingerprint density at radius 1 is 1.08 bits per heavy atom. The second-order valence-corrected chi connectivity index (χ2v) is 3.14. The van der Waals surface area contributed by atoms with E-state index in [-0.39, 0.29) is 0 Å². The topological polar surface area (TPSA) is 38.0 Å². The highest BCUT2D eigenvalue weighted by Crippen LogP contribution is 1.77. The summed E-state index contributed by atoms with van der Waals surface area (Å²) in [6, 6.07) is 0.384. The van der Waals surface area contributed by atoms with Gasteiger partial charge in [0.05, 0.1) is 0 Å². The molecular weight excluding hydrogens is 148 g/mol. The van der Waals surface area contributed by atoms with E-state index in [1.165, 1.54) is 25.9 Å². The van der Waals surface area contributed by atoms with E-state index >= 15 is 0 Å². The van der Waals surface area contributed by atoms with E-state index in [4.69, 9.17) is 5.73 Å². The maximum Gasteiger partial charge on any atom is 0.000781 e.